The predicted octanol–water partition coefficient (Wildman–Crippen LogP) is 1.89. The SMILES string of the molecule is CC(C)[C@H](CO)NC(=O)c1ccc(-c2cnccn2)cc1. The van der Waals surface area contributed by atoms with Crippen molar-refractivity contribution in [1.82, 2.24) is 15.3 Å². The minimum Gasteiger partial charge on any atom is -0.394 e. The van der Waals surface area contributed by atoms with Gasteiger partial charge in [-0.25, -0.2) is 0 Å². The number of benzene rings is 1. The molecular weight excluding hydrogens is 266 g/mol. The van der Waals surface area contributed by atoms with Crippen LogP contribution in [0.4, 0.5) is 0 Å². The molecule has 2 rings (SSSR count). The second-order valence-corrected chi connectivity index (χ2v) is 5.17. The maximum atomic E-state index is 12.1. The van der Waals surface area contributed by atoms with Crippen molar-refractivity contribution in [3.63, 3.8) is 0 Å². The van der Waals surface area contributed by atoms with Gasteiger partial charge in [-0.2, -0.15) is 0 Å². The molecule has 0 saturated carbocycles. The summed E-state index contributed by atoms with van der Waals surface area (Å²) in [6, 6.07) is 6.92. The normalized spacial score (nSPS) is 12.2. The van der Waals surface area contributed by atoms with Gasteiger partial charge in [-0.1, -0.05) is 26.0 Å². The number of nitrogens with zero attached hydrogens (tertiary/aromatic N) is 2. The first kappa shape index (κ1) is 15.1. The van der Waals surface area contributed by atoms with Gasteiger partial charge in [-0.3, -0.25) is 14.8 Å². The Bertz CT molecular complexity index is 582. The number of rotatable bonds is 5. The molecule has 0 saturated heterocycles. The zero-order valence-electron chi connectivity index (χ0n) is 12.2. The predicted molar refractivity (Wildman–Crippen MR) is 80.6 cm³/mol. The number of hydrogen-bond donors (Lipinski definition) is 2. The molecule has 0 aliphatic carbocycles. The van der Waals surface area contributed by atoms with Crippen molar-refractivity contribution in [3.8, 4) is 11.3 Å². The summed E-state index contributed by atoms with van der Waals surface area (Å²) in [4.78, 5) is 20.3. The third kappa shape index (κ3) is 3.86. The van der Waals surface area contributed by atoms with E-state index >= 15 is 0 Å². The highest BCUT2D eigenvalue weighted by molar-refractivity contribution is 5.94. The summed E-state index contributed by atoms with van der Waals surface area (Å²) in [5.41, 5.74) is 2.23. The van der Waals surface area contributed by atoms with Crippen molar-refractivity contribution in [1.29, 1.82) is 0 Å². The molecule has 0 bridgehead atoms. The first-order valence-corrected chi connectivity index (χ1v) is 6.90. The van der Waals surface area contributed by atoms with Gasteiger partial charge in [0.25, 0.3) is 5.91 Å². The maximum absolute atomic E-state index is 12.1. The van der Waals surface area contributed by atoms with Crippen molar-refractivity contribution in [3.05, 3.63) is 48.4 Å². The van der Waals surface area contributed by atoms with E-state index in [1.54, 1.807) is 30.7 Å². The first-order valence-electron chi connectivity index (χ1n) is 6.90. The van der Waals surface area contributed by atoms with Crippen LogP contribution in [0, 0.1) is 5.92 Å². The molecule has 1 aromatic carbocycles. The Morgan fingerprint density at radius 1 is 1.24 bits per heavy atom. The summed E-state index contributed by atoms with van der Waals surface area (Å²) in [5, 5.41) is 12.1. The molecule has 0 unspecified atom stereocenters. The number of aliphatic hydroxyl groups excluding tert-OH is 1. The maximum Gasteiger partial charge on any atom is 0.251 e. The smallest absolute Gasteiger partial charge is 0.251 e. The lowest BCUT2D eigenvalue weighted by Gasteiger charge is -2.19. The Morgan fingerprint density at radius 2 is 1.95 bits per heavy atom. The van der Waals surface area contributed by atoms with Crippen LogP contribution in [0.5, 0.6) is 0 Å². The van der Waals surface area contributed by atoms with Gasteiger partial charge in [0.2, 0.25) is 0 Å². The van der Waals surface area contributed by atoms with Gasteiger partial charge in [-0.05, 0) is 18.1 Å². The van der Waals surface area contributed by atoms with E-state index in [0.29, 0.717) is 5.56 Å². The Labute approximate surface area is 124 Å². The van der Waals surface area contributed by atoms with Gasteiger partial charge in [0, 0.05) is 23.5 Å². The molecule has 1 atom stereocenters. The number of carbonyl (C=O) groups excluding carboxylic acids is 1. The second-order valence-electron chi connectivity index (χ2n) is 5.17. The lowest BCUT2D eigenvalue weighted by Crippen LogP contribution is -2.41. The molecule has 0 aliphatic heterocycles. The zero-order chi connectivity index (χ0) is 15.2. The van der Waals surface area contributed by atoms with Gasteiger partial charge >= 0.3 is 0 Å². The molecule has 1 heterocycles. The van der Waals surface area contributed by atoms with Crippen LogP contribution in [0.25, 0.3) is 11.3 Å². The van der Waals surface area contributed by atoms with Crippen LogP contribution in [0.15, 0.2) is 42.9 Å². The van der Waals surface area contributed by atoms with Crippen molar-refractivity contribution < 1.29 is 9.90 Å². The number of aromatic nitrogens is 2. The van der Waals surface area contributed by atoms with Crippen LogP contribution in [0.3, 0.4) is 0 Å². The fraction of sp³-hybridized carbons (Fsp3) is 0.312. The Balaban J connectivity index is 2.10. The van der Waals surface area contributed by atoms with E-state index in [4.69, 9.17) is 0 Å². The highest BCUT2D eigenvalue weighted by atomic mass is 16.3. The second kappa shape index (κ2) is 6.95. The summed E-state index contributed by atoms with van der Waals surface area (Å²) in [5.74, 6) is -0.00809. The van der Waals surface area contributed by atoms with Crippen LogP contribution in [-0.2, 0) is 0 Å². The van der Waals surface area contributed by atoms with Gasteiger partial charge < -0.3 is 10.4 Å². The van der Waals surface area contributed by atoms with E-state index in [1.807, 2.05) is 26.0 Å². The number of hydrogen-bond acceptors (Lipinski definition) is 4. The monoisotopic (exact) mass is 285 g/mol. The van der Waals surface area contributed by atoms with E-state index < -0.39 is 0 Å². The molecule has 0 fully saturated rings. The summed E-state index contributed by atoms with van der Waals surface area (Å²) in [6.45, 7) is 3.85. The summed E-state index contributed by atoms with van der Waals surface area (Å²) >= 11 is 0. The van der Waals surface area contributed by atoms with Crippen molar-refractivity contribution in [2.45, 2.75) is 19.9 Å². The average molecular weight is 285 g/mol. The number of amides is 1. The molecule has 0 spiro atoms. The third-order valence-electron chi connectivity index (χ3n) is 3.32. The molecule has 5 nitrogen and oxygen atoms in total. The van der Waals surface area contributed by atoms with Crippen LogP contribution in [0.1, 0.15) is 24.2 Å². The molecule has 2 N–H and O–H groups in total. The van der Waals surface area contributed by atoms with Crippen LogP contribution in [0.2, 0.25) is 0 Å². The quantitative estimate of drug-likeness (QED) is 0.879. The van der Waals surface area contributed by atoms with Crippen LogP contribution in [-0.4, -0.2) is 33.6 Å². The number of aliphatic hydroxyl groups is 1. The third-order valence-corrected chi connectivity index (χ3v) is 3.32. The van der Waals surface area contributed by atoms with Crippen molar-refractivity contribution in [2.24, 2.45) is 5.92 Å². The molecular formula is C16H19N3O2. The van der Waals surface area contributed by atoms with Crippen molar-refractivity contribution in [2.75, 3.05) is 6.61 Å². The number of carbonyl (C=O) groups is 1. The molecule has 0 aliphatic rings. The van der Waals surface area contributed by atoms with Crippen LogP contribution >= 0.6 is 0 Å². The summed E-state index contributed by atoms with van der Waals surface area (Å²) < 4.78 is 0. The largest absolute Gasteiger partial charge is 0.394 e. The van der Waals surface area contributed by atoms with E-state index in [-0.39, 0.29) is 24.5 Å². The first-order chi connectivity index (χ1) is 10.1. The van der Waals surface area contributed by atoms with Gasteiger partial charge in [0.1, 0.15) is 0 Å². The summed E-state index contributed by atoms with van der Waals surface area (Å²) in [7, 11) is 0. The Kier molecular flexibility index (Phi) is 5.00. The van der Waals surface area contributed by atoms with E-state index in [0.717, 1.165) is 11.3 Å². The molecule has 110 valence electrons. The fourth-order valence-electron chi connectivity index (χ4n) is 1.92. The summed E-state index contributed by atoms with van der Waals surface area (Å²) in [6.07, 6.45) is 4.92. The average Bonchev–Trinajstić information content (AvgIpc) is 2.53. The highest BCUT2D eigenvalue weighted by Gasteiger charge is 2.16. The standard InChI is InChI=1S/C16H19N3O2/c1-11(2)15(10-20)19-16(21)13-5-3-12(4-6-13)14-9-17-7-8-18-14/h3-9,11,15,20H,10H2,1-2H3,(H,19,21)/t15-/m0/s1. The molecule has 5 heteroatoms. The van der Waals surface area contributed by atoms with Gasteiger partial charge in [0.05, 0.1) is 24.5 Å². The molecule has 0 radical (unpaired) electrons. The van der Waals surface area contributed by atoms with E-state index in [2.05, 4.69) is 15.3 Å². The highest BCUT2D eigenvalue weighted by Crippen LogP contribution is 2.16. The lowest BCUT2D eigenvalue weighted by atomic mass is 10.0. The van der Waals surface area contributed by atoms with Gasteiger partial charge in [0.15, 0.2) is 0 Å². The van der Waals surface area contributed by atoms with E-state index in [1.165, 1.54) is 0 Å². The Hall–Kier alpha value is -2.27. The van der Waals surface area contributed by atoms with Crippen molar-refractivity contribution >= 4 is 5.91 Å². The van der Waals surface area contributed by atoms with Crippen LogP contribution < -0.4 is 5.32 Å². The number of nitrogens with one attached hydrogen (secondary N) is 1. The molecule has 1 amide bonds. The topological polar surface area (TPSA) is 75.1 Å². The van der Waals surface area contributed by atoms with E-state index in [9.17, 15) is 9.90 Å². The zero-order valence-corrected chi connectivity index (χ0v) is 12.2. The minimum atomic E-state index is -0.239. The lowest BCUT2D eigenvalue weighted by molar-refractivity contribution is 0.0897. The fourth-order valence-corrected chi connectivity index (χ4v) is 1.92. The van der Waals surface area contributed by atoms with Gasteiger partial charge in [-0.15, -0.1) is 0 Å². The molecule has 21 heavy (non-hydrogen) atoms. The Morgan fingerprint density at radius 3 is 2.48 bits per heavy atom. The minimum absolute atomic E-state index is 0.0684. The molecule has 2 aromatic rings. The molecule has 1 aromatic heterocycles.